The van der Waals surface area contributed by atoms with E-state index in [0.29, 0.717) is 0 Å². The highest BCUT2D eigenvalue weighted by Gasteiger charge is 2.18. The van der Waals surface area contributed by atoms with Crippen LogP contribution in [0.1, 0.15) is 18.1 Å². The van der Waals surface area contributed by atoms with Gasteiger partial charge in [-0.1, -0.05) is 11.6 Å². The second-order valence-corrected chi connectivity index (χ2v) is 5.04. The first-order valence-electron chi connectivity index (χ1n) is 6.64. The summed E-state index contributed by atoms with van der Waals surface area (Å²) in [6, 6.07) is 5.58. The molecule has 6 nitrogen and oxygen atoms in total. The maximum atomic E-state index is 13.1. The third-order valence-corrected chi connectivity index (χ3v) is 3.54. The second-order valence-electron chi connectivity index (χ2n) is 4.63. The minimum Gasteiger partial charge on any atom is -0.493 e. The fourth-order valence-corrected chi connectivity index (χ4v) is 2.18. The van der Waals surface area contributed by atoms with Gasteiger partial charge >= 0.3 is 0 Å². The van der Waals surface area contributed by atoms with Crippen molar-refractivity contribution >= 4 is 23.0 Å². The van der Waals surface area contributed by atoms with Gasteiger partial charge in [0, 0.05) is 12.1 Å². The molecule has 0 radical (unpaired) electrons. The van der Waals surface area contributed by atoms with Crippen LogP contribution in [0, 0.1) is 24.1 Å². The van der Waals surface area contributed by atoms with E-state index in [1.165, 1.54) is 19.1 Å². The van der Waals surface area contributed by atoms with E-state index in [1.54, 1.807) is 6.92 Å². The number of aromatic hydroxyl groups is 1. The van der Waals surface area contributed by atoms with Crippen LogP contribution in [0.4, 0.5) is 15.8 Å². The average Bonchev–Trinajstić information content (AvgIpc) is 2.51. The predicted molar refractivity (Wildman–Crippen MR) is 83.1 cm³/mol. The second kappa shape index (κ2) is 6.58. The molecule has 0 bridgehead atoms. The molecule has 0 spiro atoms. The number of aromatic nitrogens is 1. The first-order valence-corrected chi connectivity index (χ1v) is 7.01. The fraction of sp³-hybridized carbons (Fsp3) is 0.200. The zero-order valence-corrected chi connectivity index (χ0v) is 13.1. The number of rotatable bonds is 3. The van der Waals surface area contributed by atoms with Crippen LogP contribution in [-0.2, 0) is 6.54 Å². The molecule has 23 heavy (non-hydrogen) atoms. The standard InChI is InChI=1S/C15H12ClFN4O2/c1-3-21-14(22)10(7-18)8(2)13(15(21)23)20-19-9-4-5-12(17)11(16)6-9/h4-6,22H,3H2,1-2H3. The molecule has 0 saturated carbocycles. The fourth-order valence-electron chi connectivity index (χ4n) is 2.01. The molecule has 0 aliphatic heterocycles. The van der Waals surface area contributed by atoms with Crippen molar-refractivity contribution in [3.05, 3.63) is 50.5 Å². The molecule has 0 aliphatic rings. The van der Waals surface area contributed by atoms with Gasteiger partial charge in [-0.25, -0.2) is 4.39 Å². The number of halogens is 2. The van der Waals surface area contributed by atoms with Crippen LogP contribution in [-0.4, -0.2) is 9.67 Å². The number of pyridine rings is 1. The van der Waals surface area contributed by atoms with Crippen LogP contribution in [0.3, 0.4) is 0 Å². The summed E-state index contributed by atoms with van der Waals surface area (Å²) >= 11 is 5.66. The van der Waals surface area contributed by atoms with Gasteiger partial charge in [0.2, 0.25) is 5.88 Å². The van der Waals surface area contributed by atoms with E-state index in [0.717, 1.165) is 10.6 Å². The molecule has 0 amide bonds. The van der Waals surface area contributed by atoms with Crippen molar-refractivity contribution < 1.29 is 9.50 Å². The molecule has 0 fully saturated rings. The molecule has 0 atom stereocenters. The average molecular weight is 335 g/mol. The summed E-state index contributed by atoms with van der Waals surface area (Å²) in [5.74, 6) is -0.993. The van der Waals surface area contributed by atoms with Crippen LogP contribution in [0.15, 0.2) is 33.2 Å². The molecule has 118 valence electrons. The molecular formula is C15H12ClFN4O2. The van der Waals surface area contributed by atoms with Crippen molar-refractivity contribution in [3.63, 3.8) is 0 Å². The van der Waals surface area contributed by atoms with E-state index >= 15 is 0 Å². The van der Waals surface area contributed by atoms with Gasteiger partial charge in [-0.2, -0.15) is 10.4 Å². The Kier molecular flexibility index (Phi) is 4.77. The lowest BCUT2D eigenvalue weighted by Gasteiger charge is -2.10. The summed E-state index contributed by atoms with van der Waals surface area (Å²) in [4.78, 5) is 12.3. The Bertz CT molecular complexity index is 900. The topological polar surface area (TPSA) is 90.7 Å². The molecule has 2 aromatic rings. The smallest absolute Gasteiger partial charge is 0.281 e. The summed E-state index contributed by atoms with van der Waals surface area (Å²) in [5.41, 5.74) is -0.209. The van der Waals surface area contributed by atoms with E-state index in [9.17, 15) is 14.3 Å². The van der Waals surface area contributed by atoms with Crippen molar-refractivity contribution in [2.24, 2.45) is 10.2 Å². The van der Waals surface area contributed by atoms with E-state index in [-0.39, 0.29) is 34.1 Å². The van der Waals surface area contributed by atoms with Crippen molar-refractivity contribution in [2.45, 2.75) is 20.4 Å². The molecule has 1 aromatic heterocycles. The summed E-state index contributed by atoms with van der Waals surface area (Å²) in [5, 5.41) is 26.7. The van der Waals surface area contributed by atoms with Crippen molar-refractivity contribution in [2.75, 3.05) is 0 Å². The highest BCUT2D eigenvalue weighted by Crippen LogP contribution is 2.27. The summed E-state index contributed by atoms with van der Waals surface area (Å²) in [6.07, 6.45) is 0. The lowest BCUT2D eigenvalue weighted by atomic mass is 10.1. The van der Waals surface area contributed by atoms with Crippen LogP contribution in [0.2, 0.25) is 5.02 Å². The molecule has 0 saturated heterocycles. The summed E-state index contributed by atoms with van der Waals surface area (Å²) in [7, 11) is 0. The van der Waals surface area contributed by atoms with Crippen molar-refractivity contribution in [1.82, 2.24) is 4.57 Å². The Morgan fingerprint density at radius 3 is 2.70 bits per heavy atom. The van der Waals surface area contributed by atoms with Gasteiger partial charge < -0.3 is 5.11 Å². The minimum absolute atomic E-state index is 0.0439. The zero-order chi connectivity index (χ0) is 17.1. The van der Waals surface area contributed by atoms with Crippen LogP contribution >= 0.6 is 11.6 Å². The van der Waals surface area contributed by atoms with Crippen LogP contribution in [0.5, 0.6) is 5.88 Å². The van der Waals surface area contributed by atoms with Crippen molar-refractivity contribution in [1.29, 1.82) is 5.26 Å². The molecule has 2 rings (SSSR count). The van der Waals surface area contributed by atoms with Gasteiger partial charge in [0.25, 0.3) is 5.56 Å². The Labute approximate surface area is 136 Å². The molecule has 8 heteroatoms. The molecule has 1 N–H and O–H groups in total. The highest BCUT2D eigenvalue weighted by atomic mass is 35.5. The molecule has 0 unspecified atom stereocenters. The van der Waals surface area contributed by atoms with Crippen LogP contribution in [0.25, 0.3) is 0 Å². The van der Waals surface area contributed by atoms with Gasteiger partial charge in [-0.05, 0) is 32.0 Å². The first kappa shape index (κ1) is 16.6. The number of azo groups is 1. The summed E-state index contributed by atoms with van der Waals surface area (Å²) < 4.78 is 14.1. The third-order valence-electron chi connectivity index (χ3n) is 3.25. The largest absolute Gasteiger partial charge is 0.493 e. The number of benzene rings is 1. The SMILES string of the molecule is CCn1c(O)c(C#N)c(C)c(N=Nc2ccc(F)c(Cl)c2)c1=O. The highest BCUT2D eigenvalue weighted by molar-refractivity contribution is 6.30. The Morgan fingerprint density at radius 2 is 2.13 bits per heavy atom. The quantitative estimate of drug-likeness (QED) is 0.861. The molecule has 0 aliphatic carbocycles. The van der Waals surface area contributed by atoms with Gasteiger partial charge in [0.15, 0.2) is 5.69 Å². The zero-order valence-electron chi connectivity index (χ0n) is 12.3. The van der Waals surface area contributed by atoms with Gasteiger partial charge in [-0.3, -0.25) is 9.36 Å². The van der Waals surface area contributed by atoms with Crippen LogP contribution < -0.4 is 5.56 Å². The third kappa shape index (κ3) is 3.07. The number of hydrogen-bond donors (Lipinski definition) is 1. The van der Waals surface area contributed by atoms with E-state index < -0.39 is 17.3 Å². The van der Waals surface area contributed by atoms with Crippen molar-refractivity contribution in [3.8, 4) is 11.9 Å². The Balaban J connectivity index is 2.60. The molecule has 1 heterocycles. The van der Waals surface area contributed by atoms with E-state index in [1.807, 2.05) is 6.07 Å². The maximum absolute atomic E-state index is 13.1. The van der Waals surface area contributed by atoms with E-state index in [4.69, 9.17) is 16.9 Å². The van der Waals surface area contributed by atoms with E-state index in [2.05, 4.69) is 10.2 Å². The number of hydrogen-bond acceptors (Lipinski definition) is 5. The number of nitriles is 1. The maximum Gasteiger partial charge on any atom is 0.281 e. The van der Waals surface area contributed by atoms with Gasteiger partial charge in [0.1, 0.15) is 17.4 Å². The Morgan fingerprint density at radius 1 is 1.43 bits per heavy atom. The molecule has 1 aromatic carbocycles. The Hall–Kier alpha value is -2.72. The predicted octanol–water partition coefficient (Wildman–Crippen LogP) is 3.96. The van der Waals surface area contributed by atoms with Gasteiger partial charge in [-0.15, -0.1) is 5.11 Å². The summed E-state index contributed by atoms with van der Waals surface area (Å²) in [6.45, 7) is 3.31. The lowest BCUT2D eigenvalue weighted by Crippen LogP contribution is -2.20. The monoisotopic (exact) mass is 334 g/mol. The van der Waals surface area contributed by atoms with Gasteiger partial charge in [0.05, 0.1) is 10.7 Å². The minimum atomic E-state index is -0.591. The first-order chi connectivity index (χ1) is 10.9. The normalized spacial score (nSPS) is 10.9. The number of nitrogens with zero attached hydrogens (tertiary/aromatic N) is 4. The molecular weight excluding hydrogens is 323 g/mol. The lowest BCUT2D eigenvalue weighted by molar-refractivity contribution is 0.409.